The van der Waals surface area contributed by atoms with E-state index in [1.54, 1.807) is 0 Å². The first-order valence-corrected chi connectivity index (χ1v) is 7.40. The standard InChI is InChI=1S/C14H13Cl2FN2O4/c1-22-13-7(15)4-3-6(11(13)17)8-5-9(19-21)10(16)12(18-8)14(20)23-2/h3-4,8-10H,5H2,1-2H3. The normalized spacial score (nSPS) is 23.9. The first-order valence-electron chi connectivity index (χ1n) is 6.59. The zero-order chi connectivity index (χ0) is 17.1. The molecule has 1 aromatic rings. The summed E-state index contributed by atoms with van der Waals surface area (Å²) >= 11 is 11.9. The van der Waals surface area contributed by atoms with Crippen LogP contribution in [0.5, 0.6) is 5.75 Å². The number of methoxy groups -OCH3 is 2. The van der Waals surface area contributed by atoms with Crippen molar-refractivity contribution in [1.82, 2.24) is 0 Å². The molecule has 9 heteroatoms. The Labute approximate surface area is 141 Å². The molecule has 0 aromatic heterocycles. The fourth-order valence-corrected chi connectivity index (χ4v) is 2.89. The van der Waals surface area contributed by atoms with Crippen molar-refractivity contribution in [2.75, 3.05) is 14.2 Å². The molecular formula is C14H13Cl2FN2O4. The molecule has 1 aliphatic heterocycles. The highest BCUT2D eigenvalue weighted by Crippen LogP contribution is 2.38. The van der Waals surface area contributed by atoms with E-state index in [0.717, 1.165) is 7.11 Å². The number of hydrogen-bond acceptors (Lipinski definition) is 6. The fourth-order valence-electron chi connectivity index (χ4n) is 2.38. The summed E-state index contributed by atoms with van der Waals surface area (Å²) in [6.07, 6.45) is 0.0554. The number of carbonyl (C=O) groups is 1. The Morgan fingerprint density at radius 3 is 2.70 bits per heavy atom. The molecule has 2 rings (SSSR count). The van der Waals surface area contributed by atoms with Crippen molar-refractivity contribution in [3.05, 3.63) is 33.4 Å². The maximum atomic E-state index is 14.5. The maximum Gasteiger partial charge on any atom is 0.353 e. The minimum Gasteiger partial charge on any atom is -0.492 e. The van der Waals surface area contributed by atoms with Crippen LogP contribution in [0.2, 0.25) is 5.02 Å². The Kier molecular flexibility index (Phi) is 5.54. The van der Waals surface area contributed by atoms with Gasteiger partial charge >= 0.3 is 5.97 Å². The lowest BCUT2D eigenvalue weighted by molar-refractivity contribution is -0.132. The lowest BCUT2D eigenvalue weighted by Gasteiger charge is -2.27. The van der Waals surface area contributed by atoms with Crippen LogP contribution in [0.1, 0.15) is 18.0 Å². The molecule has 0 saturated carbocycles. The molecule has 1 heterocycles. The molecule has 0 spiro atoms. The maximum absolute atomic E-state index is 14.5. The summed E-state index contributed by atoms with van der Waals surface area (Å²) in [7, 11) is 2.44. The molecule has 6 nitrogen and oxygen atoms in total. The second kappa shape index (κ2) is 7.23. The van der Waals surface area contributed by atoms with Gasteiger partial charge in [0.2, 0.25) is 0 Å². The van der Waals surface area contributed by atoms with Crippen LogP contribution in [0.25, 0.3) is 0 Å². The zero-order valence-corrected chi connectivity index (χ0v) is 13.8. The van der Waals surface area contributed by atoms with Gasteiger partial charge in [0.25, 0.3) is 0 Å². The van der Waals surface area contributed by atoms with Crippen molar-refractivity contribution in [2.45, 2.75) is 23.9 Å². The molecule has 3 unspecified atom stereocenters. The lowest BCUT2D eigenvalue weighted by atomic mass is 9.92. The van der Waals surface area contributed by atoms with Gasteiger partial charge in [-0.2, -0.15) is 4.91 Å². The van der Waals surface area contributed by atoms with E-state index in [1.165, 1.54) is 19.2 Å². The van der Waals surface area contributed by atoms with E-state index in [-0.39, 0.29) is 28.5 Å². The molecule has 0 amide bonds. The van der Waals surface area contributed by atoms with E-state index in [1.807, 2.05) is 0 Å². The summed E-state index contributed by atoms with van der Waals surface area (Å²) in [5.74, 6) is -1.64. The van der Waals surface area contributed by atoms with E-state index in [9.17, 15) is 14.1 Å². The average molecular weight is 363 g/mol. The fraction of sp³-hybridized carbons (Fsp3) is 0.429. The smallest absolute Gasteiger partial charge is 0.353 e. The van der Waals surface area contributed by atoms with E-state index >= 15 is 0 Å². The van der Waals surface area contributed by atoms with E-state index in [2.05, 4.69) is 14.9 Å². The van der Waals surface area contributed by atoms with Gasteiger partial charge in [0.05, 0.1) is 25.3 Å². The van der Waals surface area contributed by atoms with Crippen molar-refractivity contribution < 1.29 is 18.7 Å². The number of hydrogen-bond donors (Lipinski definition) is 0. The van der Waals surface area contributed by atoms with Gasteiger partial charge in [-0.3, -0.25) is 4.99 Å². The van der Waals surface area contributed by atoms with Gasteiger partial charge in [0, 0.05) is 12.0 Å². The highest BCUT2D eigenvalue weighted by molar-refractivity contribution is 6.50. The van der Waals surface area contributed by atoms with Crippen LogP contribution in [0, 0.1) is 10.7 Å². The van der Waals surface area contributed by atoms with Crippen molar-refractivity contribution in [3.63, 3.8) is 0 Å². The molecule has 0 fully saturated rings. The van der Waals surface area contributed by atoms with E-state index in [4.69, 9.17) is 27.9 Å². The van der Waals surface area contributed by atoms with Crippen LogP contribution in [0.4, 0.5) is 4.39 Å². The van der Waals surface area contributed by atoms with Crippen LogP contribution in [0.15, 0.2) is 22.3 Å². The summed E-state index contributed by atoms with van der Waals surface area (Å²) in [5.41, 5.74) is -0.0341. The summed E-state index contributed by atoms with van der Waals surface area (Å²) in [4.78, 5) is 26.9. The number of nitroso groups, excluding NO2 is 1. The third-order valence-electron chi connectivity index (χ3n) is 3.53. The summed E-state index contributed by atoms with van der Waals surface area (Å²) in [5, 5.41) is 1.99. The van der Waals surface area contributed by atoms with Crippen molar-refractivity contribution in [1.29, 1.82) is 0 Å². The number of carbonyl (C=O) groups excluding carboxylic acids is 1. The van der Waals surface area contributed by atoms with Crippen molar-refractivity contribution in [3.8, 4) is 5.75 Å². The van der Waals surface area contributed by atoms with Crippen LogP contribution < -0.4 is 4.74 Å². The highest BCUT2D eigenvalue weighted by Gasteiger charge is 2.38. The molecule has 124 valence electrons. The highest BCUT2D eigenvalue weighted by atomic mass is 35.5. The molecule has 1 aliphatic rings. The van der Waals surface area contributed by atoms with Gasteiger partial charge in [-0.1, -0.05) is 22.8 Å². The SMILES string of the molecule is COC(=O)C1=NC(c2ccc(Cl)c(OC)c2F)CC(N=O)C1Cl. The minimum atomic E-state index is -1.02. The molecule has 23 heavy (non-hydrogen) atoms. The average Bonchev–Trinajstić information content (AvgIpc) is 2.55. The predicted octanol–water partition coefficient (Wildman–Crippen LogP) is 3.29. The predicted molar refractivity (Wildman–Crippen MR) is 84.0 cm³/mol. The van der Waals surface area contributed by atoms with Gasteiger partial charge < -0.3 is 9.47 Å². The first kappa shape index (κ1) is 17.6. The van der Waals surface area contributed by atoms with Crippen molar-refractivity contribution >= 4 is 34.9 Å². The van der Waals surface area contributed by atoms with Gasteiger partial charge in [-0.15, -0.1) is 11.6 Å². The molecule has 0 aliphatic carbocycles. The number of nitrogens with zero attached hydrogens (tertiary/aromatic N) is 2. The lowest BCUT2D eigenvalue weighted by Crippen LogP contribution is -2.39. The van der Waals surface area contributed by atoms with Crippen LogP contribution in [-0.4, -0.2) is 37.3 Å². The Bertz CT molecular complexity index is 668. The number of benzene rings is 1. The number of alkyl halides is 1. The molecule has 3 atom stereocenters. The molecule has 0 N–H and O–H groups in total. The topological polar surface area (TPSA) is 77.3 Å². The van der Waals surface area contributed by atoms with Crippen LogP contribution in [-0.2, 0) is 9.53 Å². The number of halogens is 3. The monoisotopic (exact) mass is 362 g/mol. The Morgan fingerprint density at radius 1 is 1.43 bits per heavy atom. The Balaban J connectivity index is 2.52. The largest absolute Gasteiger partial charge is 0.492 e. The summed E-state index contributed by atoms with van der Waals surface area (Å²) in [6, 6.07) is 1.10. The zero-order valence-electron chi connectivity index (χ0n) is 12.3. The second-order valence-electron chi connectivity index (χ2n) is 4.82. The molecule has 0 radical (unpaired) electrons. The van der Waals surface area contributed by atoms with Gasteiger partial charge in [0.1, 0.15) is 17.1 Å². The number of esters is 1. The van der Waals surface area contributed by atoms with Crippen LogP contribution in [0.3, 0.4) is 0 Å². The van der Waals surface area contributed by atoms with Gasteiger partial charge in [0.15, 0.2) is 11.6 Å². The molecule has 1 aromatic carbocycles. The molecule has 0 saturated heterocycles. The molecular weight excluding hydrogens is 350 g/mol. The number of rotatable bonds is 4. The summed E-state index contributed by atoms with van der Waals surface area (Å²) < 4.78 is 24.0. The van der Waals surface area contributed by atoms with Crippen LogP contribution >= 0.6 is 23.2 Å². The Hall–Kier alpha value is -1.73. The second-order valence-corrected chi connectivity index (χ2v) is 5.69. The van der Waals surface area contributed by atoms with Crippen molar-refractivity contribution in [2.24, 2.45) is 10.2 Å². The third-order valence-corrected chi connectivity index (χ3v) is 4.33. The third kappa shape index (κ3) is 3.30. The first-order chi connectivity index (χ1) is 10.9. The summed E-state index contributed by atoms with van der Waals surface area (Å²) in [6.45, 7) is 0. The number of ether oxygens (including phenoxy) is 2. The van der Waals surface area contributed by atoms with E-state index in [0.29, 0.717) is 0 Å². The minimum absolute atomic E-state index is 0.0554. The van der Waals surface area contributed by atoms with E-state index < -0.39 is 29.2 Å². The number of aliphatic imine (C=N–C) groups is 1. The quantitative estimate of drug-likeness (QED) is 0.467. The molecule has 0 bridgehead atoms. The van der Waals surface area contributed by atoms with Gasteiger partial charge in [-0.25, -0.2) is 9.18 Å². The Morgan fingerprint density at radius 2 is 2.13 bits per heavy atom. The van der Waals surface area contributed by atoms with Gasteiger partial charge in [-0.05, 0) is 6.07 Å².